The SMILES string of the molecule is C[C@@H]1O[C@@H](O[C@@H]2[C@@H](O)[C@H](OC3C(=O)c4c(O)cc(O)cc4OC3c3ccc(O)cc3)O[C@H](CO)[C@H]2O)[C@H](O)[C@H](O)[C@H]1O. The minimum atomic E-state index is -1.89. The number of ketones is 1. The molecule has 12 atom stereocenters. The highest BCUT2D eigenvalue weighted by molar-refractivity contribution is 6.05. The van der Waals surface area contributed by atoms with Gasteiger partial charge in [-0.05, 0) is 24.6 Å². The van der Waals surface area contributed by atoms with Crippen LogP contribution in [0.3, 0.4) is 0 Å². The molecule has 3 aliphatic heterocycles. The summed E-state index contributed by atoms with van der Waals surface area (Å²) in [7, 11) is 0. The fourth-order valence-electron chi connectivity index (χ4n) is 5.20. The summed E-state index contributed by atoms with van der Waals surface area (Å²) < 4.78 is 28.4. The number of fused-ring (bicyclic) bond motifs is 1. The van der Waals surface area contributed by atoms with Gasteiger partial charge in [-0.25, -0.2) is 0 Å². The molecule has 2 unspecified atom stereocenters. The van der Waals surface area contributed by atoms with E-state index in [1.54, 1.807) is 0 Å². The van der Waals surface area contributed by atoms with E-state index in [0.29, 0.717) is 5.56 Å². The monoisotopic (exact) mass is 596 g/mol. The first-order chi connectivity index (χ1) is 19.9. The Hall–Kier alpha value is -3.09. The molecule has 9 N–H and O–H groups in total. The molecule has 42 heavy (non-hydrogen) atoms. The van der Waals surface area contributed by atoms with Crippen LogP contribution in [-0.4, -0.2) is 126 Å². The molecule has 0 bridgehead atoms. The summed E-state index contributed by atoms with van der Waals surface area (Å²) in [5, 5.41) is 92.4. The van der Waals surface area contributed by atoms with E-state index in [1.807, 2.05) is 0 Å². The number of rotatable bonds is 6. The van der Waals surface area contributed by atoms with Crippen LogP contribution in [0.15, 0.2) is 36.4 Å². The number of hydrogen-bond donors (Lipinski definition) is 9. The van der Waals surface area contributed by atoms with Crippen LogP contribution in [0.4, 0.5) is 0 Å². The molecule has 0 aromatic heterocycles. The average molecular weight is 597 g/mol. The highest BCUT2D eigenvalue weighted by Crippen LogP contribution is 2.44. The van der Waals surface area contributed by atoms with Crippen molar-refractivity contribution in [2.45, 2.75) is 80.5 Å². The lowest BCUT2D eigenvalue weighted by molar-refractivity contribution is -0.361. The van der Waals surface area contributed by atoms with E-state index in [4.69, 9.17) is 23.7 Å². The zero-order chi connectivity index (χ0) is 30.5. The lowest BCUT2D eigenvalue weighted by atomic mass is 9.92. The zero-order valence-electron chi connectivity index (χ0n) is 22.1. The van der Waals surface area contributed by atoms with Crippen molar-refractivity contribution in [3.8, 4) is 23.0 Å². The van der Waals surface area contributed by atoms with Crippen molar-refractivity contribution in [2.75, 3.05) is 6.61 Å². The number of aliphatic hydroxyl groups excluding tert-OH is 6. The topological polar surface area (TPSA) is 245 Å². The molecule has 230 valence electrons. The van der Waals surface area contributed by atoms with E-state index in [0.717, 1.165) is 12.1 Å². The van der Waals surface area contributed by atoms with Crippen LogP contribution < -0.4 is 4.74 Å². The van der Waals surface area contributed by atoms with E-state index in [2.05, 4.69) is 0 Å². The second-order valence-electron chi connectivity index (χ2n) is 10.4. The Morgan fingerprint density at radius 1 is 0.786 bits per heavy atom. The van der Waals surface area contributed by atoms with Gasteiger partial charge < -0.3 is 69.6 Å². The number of aliphatic hydroxyl groups is 6. The van der Waals surface area contributed by atoms with E-state index < -0.39 is 91.8 Å². The molecule has 3 aliphatic rings. The molecule has 0 aliphatic carbocycles. The highest BCUT2D eigenvalue weighted by Gasteiger charge is 2.52. The molecular weight excluding hydrogens is 564 g/mol. The third-order valence-corrected chi connectivity index (χ3v) is 7.52. The maximum Gasteiger partial charge on any atom is 0.203 e. The smallest absolute Gasteiger partial charge is 0.203 e. The van der Waals surface area contributed by atoms with Crippen molar-refractivity contribution < 1.29 is 74.4 Å². The lowest BCUT2D eigenvalue weighted by Crippen LogP contribution is -2.64. The Kier molecular flexibility index (Phi) is 8.60. The second kappa shape index (κ2) is 11.9. The number of benzene rings is 2. The van der Waals surface area contributed by atoms with Crippen LogP contribution in [0.25, 0.3) is 0 Å². The van der Waals surface area contributed by atoms with Gasteiger partial charge in [-0.2, -0.15) is 0 Å². The van der Waals surface area contributed by atoms with Crippen molar-refractivity contribution in [3.05, 3.63) is 47.5 Å². The van der Waals surface area contributed by atoms with Gasteiger partial charge in [0, 0.05) is 12.1 Å². The molecule has 2 aromatic carbocycles. The molecule has 0 spiro atoms. The zero-order valence-corrected chi connectivity index (χ0v) is 22.1. The second-order valence-corrected chi connectivity index (χ2v) is 10.4. The first kappa shape index (κ1) is 30.4. The fourth-order valence-corrected chi connectivity index (χ4v) is 5.20. The number of Topliss-reactive ketones (excluding diaryl/α,β-unsaturated/α-hetero) is 1. The van der Waals surface area contributed by atoms with Crippen molar-refractivity contribution >= 4 is 5.78 Å². The van der Waals surface area contributed by atoms with Crippen LogP contribution in [0.1, 0.15) is 28.9 Å². The summed E-state index contributed by atoms with van der Waals surface area (Å²) in [5.74, 6) is -2.07. The van der Waals surface area contributed by atoms with Crippen molar-refractivity contribution in [1.29, 1.82) is 0 Å². The third kappa shape index (κ3) is 5.51. The Morgan fingerprint density at radius 2 is 1.45 bits per heavy atom. The molecule has 0 saturated carbocycles. The Labute approximate surface area is 238 Å². The molecule has 15 heteroatoms. The minimum absolute atomic E-state index is 0.0843. The van der Waals surface area contributed by atoms with Gasteiger partial charge in [0.2, 0.25) is 5.78 Å². The van der Waals surface area contributed by atoms with E-state index in [1.165, 1.54) is 31.2 Å². The van der Waals surface area contributed by atoms with Crippen molar-refractivity contribution in [2.24, 2.45) is 0 Å². The highest BCUT2D eigenvalue weighted by atomic mass is 16.7. The molecule has 15 nitrogen and oxygen atoms in total. The Balaban J connectivity index is 1.45. The van der Waals surface area contributed by atoms with Gasteiger partial charge in [-0.15, -0.1) is 0 Å². The van der Waals surface area contributed by atoms with Crippen molar-refractivity contribution in [3.63, 3.8) is 0 Å². The number of carbonyl (C=O) groups is 1. The third-order valence-electron chi connectivity index (χ3n) is 7.52. The maximum absolute atomic E-state index is 13.7. The van der Waals surface area contributed by atoms with E-state index in [9.17, 15) is 50.8 Å². The molecule has 2 fully saturated rings. The first-order valence-corrected chi connectivity index (χ1v) is 13.1. The van der Waals surface area contributed by atoms with Crippen LogP contribution in [0, 0.1) is 0 Å². The minimum Gasteiger partial charge on any atom is -0.508 e. The van der Waals surface area contributed by atoms with Crippen LogP contribution in [0.2, 0.25) is 0 Å². The fraction of sp³-hybridized carbons (Fsp3) is 0.519. The molecule has 5 rings (SSSR count). The largest absolute Gasteiger partial charge is 0.508 e. The molecule has 0 amide bonds. The Bertz CT molecular complexity index is 1270. The number of ether oxygens (including phenoxy) is 5. The van der Waals surface area contributed by atoms with Crippen molar-refractivity contribution in [1.82, 2.24) is 0 Å². The normalized spacial score (nSPS) is 38.5. The van der Waals surface area contributed by atoms with Gasteiger partial charge in [-0.3, -0.25) is 4.79 Å². The van der Waals surface area contributed by atoms with Crippen LogP contribution >= 0.6 is 0 Å². The lowest BCUT2D eigenvalue weighted by Gasteiger charge is -2.46. The predicted molar refractivity (Wildman–Crippen MR) is 135 cm³/mol. The summed E-state index contributed by atoms with van der Waals surface area (Å²) in [6.45, 7) is 0.611. The van der Waals surface area contributed by atoms with E-state index >= 15 is 0 Å². The standard InChI is InChI=1S/C27H32O15/c1-9-17(32)20(35)21(36)26(38-9)41-24-18(33)15(8-28)40-27(22(24)37)42-25-19(34)16-13(31)6-12(30)7-14(16)39-23(25)10-2-4-11(29)5-3-10/h2-7,9,15,17-18,20-33,35-37H,8H2,1H3/t9-,15+,17-,18+,20+,21+,22+,23?,24-,25?,26-,27-/m0/s1. The molecule has 2 aromatic rings. The van der Waals surface area contributed by atoms with Gasteiger partial charge in [-0.1, -0.05) is 12.1 Å². The number of aromatic hydroxyl groups is 3. The number of phenolic OH excluding ortho intramolecular Hbond substituents is 3. The molecule has 3 heterocycles. The predicted octanol–water partition coefficient (Wildman–Crippen LogP) is -1.84. The van der Waals surface area contributed by atoms with Gasteiger partial charge in [0.1, 0.15) is 71.3 Å². The number of phenols is 3. The Morgan fingerprint density at radius 3 is 2.12 bits per heavy atom. The maximum atomic E-state index is 13.7. The molecular formula is C27H32O15. The quantitative estimate of drug-likeness (QED) is 0.178. The van der Waals surface area contributed by atoms with Gasteiger partial charge in [0.25, 0.3) is 0 Å². The number of carbonyl (C=O) groups excluding carboxylic acids is 1. The van der Waals surface area contributed by atoms with E-state index in [-0.39, 0.29) is 22.8 Å². The van der Waals surface area contributed by atoms with Gasteiger partial charge in [0.15, 0.2) is 24.8 Å². The van der Waals surface area contributed by atoms with Crippen LogP contribution in [0.5, 0.6) is 23.0 Å². The summed E-state index contributed by atoms with van der Waals surface area (Å²) in [5.41, 5.74) is -0.0123. The number of hydrogen-bond acceptors (Lipinski definition) is 15. The van der Waals surface area contributed by atoms with Gasteiger partial charge in [0.05, 0.1) is 12.7 Å². The molecule has 2 saturated heterocycles. The summed E-state index contributed by atoms with van der Waals surface area (Å²) in [6.07, 6.45) is -18.9. The summed E-state index contributed by atoms with van der Waals surface area (Å²) in [6, 6.07) is 7.56. The summed E-state index contributed by atoms with van der Waals surface area (Å²) >= 11 is 0. The van der Waals surface area contributed by atoms with Gasteiger partial charge >= 0.3 is 0 Å². The van der Waals surface area contributed by atoms with Crippen LogP contribution in [-0.2, 0) is 18.9 Å². The summed E-state index contributed by atoms with van der Waals surface area (Å²) in [4.78, 5) is 13.7. The first-order valence-electron chi connectivity index (χ1n) is 13.1. The average Bonchev–Trinajstić information content (AvgIpc) is 2.95. The molecule has 0 radical (unpaired) electrons.